The lowest BCUT2D eigenvalue weighted by molar-refractivity contribution is 0.0737. The number of anilines is 1. The van der Waals surface area contributed by atoms with Crippen molar-refractivity contribution in [1.82, 2.24) is 9.88 Å². The zero-order valence-electron chi connectivity index (χ0n) is 9.80. The van der Waals surface area contributed by atoms with Crippen LogP contribution in [0.1, 0.15) is 20.8 Å². The molecule has 92 valence electrons. The molecule has 2 N–H and O–H groups in total. The molecule has 18 heavy (non-hydrogen) atoms. The fourth-order valence-electron chi connectivity index (χ4n) is 2.19. The molecule has 0 fully saturated rings. The van der Waals surface area contributed by atoms with Gasteiger partial charge < -0.3 is 10.6 Å². The molecule has 0 saturated heterocycles. The number of pyridine rings is 1. The van der Waals surface area contributed by atoms with Crippen LogP contribution in [-0.4, -0.2) is 22.3 Å². The third kappa shape index (κ3) is 1.86. The van der Waals surface area contributed by atoms with Crippen LogP contribution in [-0.2, 0) is 13.0 Å². The fourth-order valence-corrected chi connectivity index (χ4v) is 3.08. The van der Waals surface area contributed by atoms with E-state index >= 15 is 0 Å². The van der Waals surface area contributed by atoms with E-state index in [0.717, 1.165) is 13.0 Å². The molecule has 0 spiro atoms. The lowest BCUT2D eigenvalue weighted by Crippen LogP contribution is -2.35. The van der Waals surface area contributed by atoms with Crippen LogP contribution in [0.15, 0.2) is 29.9 Å². The molecule has 0 atom stereocenters. The summed E-state index contributed by atoms with van der Waals surface area (Å²) < 4.78 is 0. The van der Waals surface area contributed by atoms with Gasteiger partial charge in [-0.05, 0) is 29.5 Å². The van der Waals surface area contributed by atoms with Crippen molar-refractivity contribution >= 4 is 22.9 Å². The van der Waals surface area contributed by atoms with Crippen molar-refractivity contribution in [3.05, 3.63) is 45.9 Å². The summed E-state index contributed by atoms with van der Waals surface area (Å²) in [7, 11) is 0. The molecule has 3 heterocycles. The highest BCUT2D eigenvalue weighted by atomic mass is 32.1. The molecule has 0 saturated carbocycles. The normalized spacial score (nSPS) is 14.3. The number of hydrogen-bond donors (Lipinski definition) is 1. The van der Waals surface area contributed by atoms with Crippen molar-refractivity contribution in [2.75, 3.05) is 12.3 Å². The second-order valence-electron chi connectivity index (χ2n) is 4.31. The summed E-state index contributed by atoms with van der Waals surface area (Å²) in [4.78, 5) is 19.5. The van der Waals surface area contributed by atoms with Gasteiger partial charge >= 0.3 is 0 Å². The molecular weight excluding hydrogens is 246 g/mol. The van der Waals surface area contributed by atoms with E-state index in [1.165, 1.54) is 16.6 Å². The predicted octanol–water partition coefficient (Wildman–Crippen LogP) is 1.92. The number of thiophene rings is 1. The molecule has 1 amide bonds. The van der Waals surface area contributed by atoms with Crippen LogP contribution < -0.4 is 5.73 Å². The van der Waals surface area contributed by atoms with Crippen LogP contribution in [0.4, 0.5) is 5.69 Å². The van der Waals surface area contributed by atoms with Gasteiger partial charge in [-0.1, -0.05) is 0 Å². The highest BCUT2D eigenvalue weighted by Crippen LogP contribution is 2.25. The quantitative estimate of drug-likeness (QED) is 0.851. The van der Waals surface area contributed by atoms with E-state index in [1.54, 1.807) is 23.6 Å². The van der Waals surface area contributed by atoms with Gasteiger partial charge in [-0.3, -0.25) is 9.78 Å². The Balaban J connectivity index is 1.85. The van der Waals surface area contributed by atoms with Crippen molar-refractivity contribution in [1.29, 1.82) is 0 Å². The minimum absolute atomic E-state index is 0.00764. The van der Waals surface area contributed by atoms with Gasteiger partial charge in [-0.25, -0.2) is 0 Å². The van der Waals surface area contributed by atoms with Gasteiger partial charge in [0.2, 0.25) is 0 Å². The van der Waals surface area contributed by atoms with E-state index < -0.39 is 0 Å². The largest absolute Gasteiger partial charge is 0.397 e. The summed E-state index contributed by atoms with van der Waals surface area (Å²) in [6, 6.07) is 3.77. The Morgan fingerprint density at radius 3 is 3.17 bits per heavy atom. The highest BCUT2D eigenvalue weighted by Gasteiger charge is 2.23. The number of amides is 1. The molecule has 2 aromatic heterocycles. The first-order valence-corrected chi connectivity index (χ1v) is 6.67. The van der Waals surface area contributed by atoms with Gasteiger partial charge in [-0.15, -0.1) is 11.3 Å². The molecule has 0 aromatic carbocycles. The number of hydrogen-bond acceptors (Lipinski definition) is 4. The van der Waals surface area contributed by atoms with Gasteiger partial charge in [0.15, 0.2) is 0 Å². The molecule has 3 rings (SSSR count). The van der Waals surface area contributed by atoms with Crippen molar-refractivity contribution in [2.24, 2.45) is 0 Å². The summed E-state index contributed by atoms with van der Waals surface area (Å²) in [5, 5.41) is 2.08. The van der Waals surface area contributed by atoms with Gasteiger partial charge in [0.1, 0.15) is 0 Å². The molecule has 0 unspecified atom stereocenters. The maximum Gasteiger partial charge on any atom is 0.256 e. The zero-order valence-corrected chi connectivity index (χ0v) is 10.6. The zero-order chi connectivity index (χ0) is 12.5. The standard InChI is InChI=1S/C13H13N3OS/c14-11-7-15-4-1-10(11)13(17)16-5-2-12-9(8-16)3-6-18-12/h1,3-4,6-7H,2,5,8,14H2. The average molecular weight is 259 g/mol. The molecular formula is C13H13N3OS. The van der Waals surface area contributed by atoms with Gasteiger partial charge in [0.05, 0.1) is 17.4 Å². The number of nitrogens with zero attached hydrogens (tertiary/aromatic N) is 2. The first-order valence-electron chi connectivity index (χ1n) is 5.79. The van der Waals surface area contributed by atoms with E-state index in [4.69, 9.17) is 5.73 Å². The van der Waals surface area contributed by atoms with Gasteiger partial charge in [-0.2, -0.15) is 0 Å². The number of carbonyl (C=O) groups excluding carboxylic acids is 1. The van der Waals surface area contributed by atoms with Crippen LogP contribution in [0.3, 0.4) is 0 Å². The molecule has 0 bridgehead atoms. The van der Waals surface area contributed by atoms with Crippen LogP contribution in [0.2, 0.25) is 0 Å². The van der Waals surface area contributed by atoms with Crippen LogP contribution >= 0.6 is 11.3 Å². The van der Waals surface area contributed by atoms with E-state index in [-0.39, 0.29) is 5.91 Å². The van der Waals surface area contributed by atoms with Crippen molar-refractivity contribution in [2.45, 2.75) is 13.0 Å². The Kier molecular flexibility index (Phi) is 2.76. The maximum absolute atomic E-state index is 12.4. The molecule has 0 aliphatic carbocycles. The van der Waals surface area contributed by atoms with E-state index in [1.807, 2.05) is 4.90 Å². The second kappa shape index (κ2) is 4.42. The highest BCUT2D eigenvalue weighted by molar-refractivity contribution is 7.10. The lowest BCUT2D eigenvalue weighted by atomic mass is 10.1. The summed E-state index contributed by atoms with van der Waals surface area (Å²) in [5.74, 6) is -0.00764. The van der Waals surface area contributed by atoms with E-state index in [0.29, 0.717) is 17.8 Å². The molecule has 1 aliphatic rings. The predicted molar refractivity (Wildman–Crippen MR) is 71.4 cm³/mol. The van der Waals surface area contributed by atoms with Crippen molar-refractivity contribution in [3.8, 4) is 0 Å². The fraction of sp³-hybridized carbons (Fsp3) is 0.231. The van der Waals surface area contributed by atoms with Crippen molar-refractivity contribution < 1.29 is 4.79 Å². The van der Waals surface area contributed by atoms with E-state index in [2.05, 4.69) is 16.4 Å². The third-order valence-electron chi connectivity index (χ3n) is 3.18. The first kappa shape index (κ1) is 11.2. The molecule has 4 nitrogen and oxygen atoms in total. The second-order valence-corrected chi connectivity index (χ2v) is 5.31. The summed E-state index contributed by atoms with van der Waals surface area (Å²) in [5.41, 5.74) is 8.04. The van der Waals surface area contributed by atoms with E-state index in [9.17, 15) is 4.79 Å². The molecule has 0 radical (unpaired) electrons. The topological polar surface area (TPSA) is 59.2 Å². The Labute approximate surface area is 109 Å². The van der Waals surface area contributed by atoms with Gasteiger partial charge in [0.25, 0.3) is 5.91 Å². The third-order valence-corrected chi connectivity index (χ3v) is 4.20. The Morgan fingerprint density at radius 2 is 2.33 bits per heavy atom. The lowest BCUT2D eigenvalue weighted by Gasteiger charge is -2.27. The first-order chi connectivity index (χ1) is 8.75. The smallest absolute Gasteiger partial charge is 0.256 e. The van der Waals surface area contributed by atoms with Crippen LogP contribution in [0.5, 0.6) is 0 Å². The molecule has 1 aliphatic heterocycles. The number of rotatable bonds is 1. The number of nitrogens with two attached hydrogens (primary N) is 1. The number of carbonyl (C=O) groups is 1. The Morgan fingerprint density at radius 1 is 1.44 bits per heavy atom. The Hall–Kier alpha value is -1.88. The average Bonchev–Trinajstić information content (AvgIpc) is 2.85. The van der Waals surface area contributed by atoms with Crippen molar-refractivity contribution in [3.63, 3.8) is 0 Å². The number of fused-ring (bicyclic) bond motifs is 1. The summed E-state index contributed by atoms with van der Waals surface area (Å²) >= 11 is 1.77. The maximum atomic E-state index is 12.4. The molecule has 2 aromatic rings. The van der Waals surface area contributed by atoms with Crippen LogP contribution in [0.25, 0.3) is 0 Å². The molecule has 5 heteroatoms. The minimum Gasteiger partial charge on any atom is -0.397 e. The monoisotopic (exact) mass is 259 g/mol. The SMILES string of the molecule is Nc1cnccc1C(=O)N1CCc2sccc2C1. The van der Waals surface area contributed by atoms with Gasteiger partial charge in [0, 0.05) is 24.2 Å². The Bertz CT molecular complexity index is 593. The summed E-state index contributed by atoms with van der Waals surface area (Å²) in [6.45, 7) is 1.44. The summed E-state index contributed by atoms with van der Waals surface area (Å²) in [6.07, 6.45) is 4.06. The number of aromatic nitrogens is 1. The number of nitrogen functional groups attached to an aromatic ring is 1. The minimum atomic E-state index is -0.00764. The van der Waals surface area contributed by atoms with Crippen LogP contribution in [0, 0.1) is 0 Å².